The number of methoxy groups -OCH3 is 1. The zero-order valence-electron chi connectivity index (χ0n) is 11.8. The second-order valence-electron chi connectivity index (χ2n) is 4.74. The first-order valence-electron chi connectivity index (χ1n) is 7.22. The number of rotatable bonds is 12. The van der Waals surface area contributed by atoms with Crippen LogP contribution in [-0.4, -0.2) is 20.3 Å². The summed E-state index contributed by atoms with van der Waals surface area (Å²) >= 11 is 0. The van der Waals surface area contributed by atoms with Gasteiger partial charge >= 0.3 is 0 Å². The van der Waals surface area contributed by atoms with Gasteiger partial charge in [-0.1, -0.05) is 45.1 Å². The normalized spacial score (nSPS) is 12.1. The molecule has 0 fully saturated rings. The third kappa shape index (κ3) is 11.9. The Morgan fingerprint density at radius 1 is 1.06 bits per heavy atom. The van der Waals surface area contributed by atoms with Crippen molar-refractivity contribution in [2.24, 2.45) is 5.73 Å². The number of hydrogen-bond acceptors (Lipinski definition) is 2. The summed E-state index contributed by atoms with van der Waals surface area (Å²) in [5, 5.41) is 0. The molecule has 0 aromatic heterocycles. The van der Waals surface area contributed by atoms with Gasteiger partial charge in [0.25, 0.3) is 0 Å². The molecule has 0 unspecified atom stereocenters. The van der Waals surface area contributed by atoms with Crippen LogP contribution in [0.4, 0.5) is 0 Å². The van der Waals surface area contributed by atoms with Gasteiger partial charge in [0, 0.05) is 7.11 Å². The number of ether oxygens (including phenoxy) is 1. The molecule has 0 aliphatic rings. The van der Waals surface area contributed by atoms with Gasteiger partial charge < -0.3 is 10.5 Å². The van der Waals surface area contributed by atoms with E-state index in [0.29, 0.717) is 0 Å². The van der Waals surface area contributed by atoms with Crippen molar-refractivity contribution < 1.29 is 4.74 Å². The van der Waals surface area contributed by atoms with Gasteiger partial charge in [-0.25, -0.2) is 0 Å². The van der Waals surface area contributed by atoms with E-state index < -0.39 is 0 Å². The van der Waals surface area contributed by atoms with Gasteiger partial charge in [0.05, 0.1) is 6.61 Å². The monoisotopic (exact) mass is 241 g/mol. The predicted molar refractivity (Wildman–Crippen MR) is 76.2 cm³/mol. The van der Waals surface area contributed by atoms with Gasteiger partial charge in [0.15, 0.2) is 0 Å². The summed E-state index contributed by atoms with van der Waals surface area (Å²) in [5.41, 5.74) is 6.95. The van der Waals surface area contributed by atoms with Crippen LogP contribution >= 0.6 is 0 Å². The smallest absolute Gasteiger partial charge is 0.0673 e. The summed E-state index contributed by atoms with van der Waals surface area (Å²) in [6.07, 6.45) is 13.9. The average Bonchev–Trinajstić information content (AvgIpc) is 2.34. The maximum atomic E-state index is 5.53. The van der Waals surface area contributed by atoms with Crippen LogP contribution in [-0.2, 0) is 4.74 Å². The number of nitrogens with two attached hydrogens (primary N) is 1. The Hall–Kier alpha value is -0.340. The van der Waals surface area contributed by atoms with Crippen LogP contribution in [0.15, 0.2) is 11.6 Å². The van der Waals surface area contributed by atoms with E-state index in [1.165, 1.54) is 50.5 Å². The molecule has 0 spiro atoms. The van der Waals surface area contributed by atoms with Gasteiger partial charge in [-0.15, -0.1) is 0 Å². The Morgan fingerprint density at radius 3 is 2.41 bits per heavy atom. The third-order valence-corrected chi connectivity index (χ3v) is 3.02. The second kappa shape index (κ2) is 13.7. The highest BCUT2D eigenvalue weighted by atomic mass is 16.5. The van der Waals surface area contributed by atoms with Crippen molar-refractivity contribution >= 4 is 0 Å². The quantitative estimate of drug-likeness (QED) is 0.413. The van der Waals surface area contributed by atoms with Gasteiger partial charge in [0.2, 0.25) is 0 Å². The lowest BCUT2D eigenvalue weighted by Gasteiger charge is -2.06. The Balaban J connectivity index is 3.54. The molecular weight excluding hydrogens is 210 g/mol. The summed E-state index contributed by atoms with van der Waals surface area (Å²) < 4.78 is 5.20. The minimum Gasteiger partial charge on any atom is -0.380 e. The highest BCUT2D eigenvalue weighted by Gasteiger charge is 1.96. The molecular formula is C15H31NO. The Kier molecular flexibility index (Phi) is 13.4. The molecule has 0 aromatic carbocycles. The van der Waals surface area contributed by atoms with Gasteiger partial charge in [0.1, 0.15) is 0 Å². The SMILES string of the molecule is CCCCCCCC/C=C(/CCCN)COC. The minimum atomic E-state index is 0.774. The van der Waals surface area contributed by atoms with E-state index >= 15 is 0 Å². The maximum Gasteiger partial charge on any atom is 0.0673 e. The van der Waals surface area contributed by atoms with Crippen LogP contribution in [0, 0.1) is 0 Å². The fourth-order valence-corrected chi connectivity index (χ4v) is 1.98. The van der Waals surface area contributed by atoms with E-state index in [0.717, 1.165) is 26.0 Å². The van der Waals surface area contributed by atoms with Crippen LogP contribution in [0.1, 0.15) is 64.7 Å². The fourth-order valence-electron chi connectivity index (χ4n) is 1.98. The van der Waals surface area contributed by atoms with Crippen molar-refractivity contribution in [1.29, 1.82) is 0 Å². The molecule has 0 amide bonds. The molecule has 0 aliphatic carbocycles. The molecule has 2 nitrogen and oxygen atoms in total. The van der Waals surface area contributed by atoms with E-state index in [2.05, 4.69) is 13.0 Å². The van der Waals surface area contributed by atoms with E-state index in [-0.39, 0.29) is 0 Å². The van der Waals surface area contributed by atoms with Crippen LogP contribution in [0.25, 0.3) is 0 Å². The lowest BCUT2D eigenvalue weighted by atomic mass is 10.1. The molecule has 0 saturated heterocycles. The first-order chi connectivity index (χ1) is 8.35. The number of allylic oxidation sites excluding steroid dienone is 1. The molecule has 102 valence electrons. The van der Waals surface area contributed by atoms with Crippen molar-refractivity contribution in [1.82, 2.24) is 0 Å². The highest BCUT2D eigenvalue weighted by Crippen LogP contribution is 2.11. The molecule has 2 heteroatoms. The second-order valence-corrected chi connectivity index (χ2v) is 4.74. The molecule has 0 saturated carbocycles. The van der Waals surface area contributed by atoms with Crippen LogP contribution in [0.3, 0.4) is 0 Å². The van der Waals surface area contributed by atoms with Gasteiger partial charge in [-0.2, -0.15) is 0 Å². The lowest BCUT2D eigenvalue weighted by Crippen LogP contribution is -2.02. The number of hydrogen-bond donors (Lipinski definition) is 1. The van der Waals surface area contributed by atoms with Crippen molar-refractivity contribution in [3.05, 3.63) is 11.6 Å². The third-order valence-electron chi connectivity index (χ3n) is 3.02. The number of unbranched alkanes of at least 4 members (excludes halogenated alkanes) is 6. The Labute approximate surface area is 108 Å². The molecule has 0 bridgehead atoms. The van der Waals surface area contributed by atoms with E-state index in [9.17, 15) is 0 Å². The fraction of sp³-hybridized carbons (Fsp3) is 0.867. The van der Waals surface area contributed by atoms with Crippen molar-refractivity contribution in [2.45, 2.75) is 64.7 Å². The summed E-state index contributed by atoms with van der Waals surface area (Å²) in [5.74, 6) is 0. The van der Waals surface area contributed by atoms with E-state index in [1.54, 1.807) is 7.11 Å². The van der Waals surface area contributed by atoms with Crippen LogP contribution in [0.2, 0.25) is 0 Å². The Bertz CT molecular complexity index is 178. The van der Waals surface area contributed by atoms with Gasteiger partial charge in [-0.05, 0) is 37.8 Å². The zero-order chi connectivity index (χ0) is 12.8. The van der Waals surface area contributed by atoms with Gasteiger partial charge in [-0.3, -0.25) is 0 Å². The minimum absolute atomic E-state index is 0.774. The molecule has 0 radical (unpaired) electrons. The molecule has 17 heavy (non-hydrogen) atoms. The first kappa shape index (κ1) is 16.7. The largest absolute Gasteiger partial charge is 0.380 e. The van der Waals surface area contributed by atoms with E-state index in [1.807, 2.05) is 0 Å². The van der Waals surface area contributed by atoms with Crippen molar-refractivity contribution in [3.63, 3.8) is 0 Å². The molecule has 0 aliphatic heterocycles. The predicted octanol–water partition coefficient (Wildman–Crippen LogP) is 4.05. The van der Waals surface area contributed by atoms with E-state index in [4.69, 9.17) is 10.5 Å². The highest BCUT2D eigenvalue weighted by molar-refractivity contribution is 5.02. The molecule has 0 heterocycles. The first-order valence-corrected chi connectivity index (χ1v) is 7.22. The van der Waals surface area contributed by atoms with Crippen molar-refractivity contribution in [2.75, 3.05) is 20.3 Å². The topological polar surface area (TPSA) is 35.2 Å². The summed E-state index contributed by atoms with van der Waals surface area (Å²) in [4.78, 5) is 0. The van der Waals surface area contributed by atoms with Crippen LogP contribution < -0.4 is 5.73 Å². The summed E-state index contributed by atoms with van der Waals surface area (Å²) in [7, 11) is 1.76. The molecule has 0 rings (SSSR count). The summed E-state index contributed by atoms with van der Waals surface area (Å²) in [6.45, 7) is 3.81. The Morgan fingerprint density at radius 2 is 1.76 bits per heavy atom. The molecule has 0 aromatic rings. The summed E-state index contributed by atoms with van der Waals surface area (Å²) in [6, 6.07) is 0. The molecule has 2 N–H and O–H groups in total. The van der Waals surface area contributed by atoms with Crippen LogP contribution in [0.5, 0.6) is 0 Å². The standard InChI is InChI=1S/C15H31NO/c1-3-4-5-6-7-8-9-11-15(14-17-2)12-10-13-16/h11H,3-10,12-14,16H2,1-2H3/b15-11-. The molecule has 0 atom stereocenters. The maximum absolute atomic E-state index is 5.53. The average molecular weight is 241 g/mol. The van der Waals surface area contributed by atoms with Crippen molar-refractivity contribution in [3.8, 4) is 0 Å². The zero-order valence-corrected chi connectivity index (χ0v) is 11.8. The lowest BCUT2D eigenvalue weighted by molar-refractivity contribution is 0.222.